The molecule has 0 aliphatic carbocycles. The lowest BCUT2D eigenvalue weighted by Crippen LogP contribution is -2.39. The number of carbonyl (C=O) groups is 2. The largest absolute Gasteiger partial charge is 0.493 e. The van der Waals surface area contributed by atoms with Crippen molar-refractivity contribution in [2.75, 3.05) is 20.8 Å². The summed E-state index contributed by atoms with van der Waals surface area (Å²) in [7, 11) is 3.21. The molecule has 0 fully saturated rings. The average Bonchev–Trinajstić information content (AvgIpc) is 2.71. The molecule has 0 aromatic heterocycles. The highest BCUT2D eigenvalue weighted by atomic mass is 35.5. The summed E-state index contributed by atoms with van der Waals surface area (Å²) in [5.41, 5.74) is 3.05. The van der Waals surface area contributed by atoms with E-state index in [1.54, 1.807) is 26.4 Å². The summed E-state index contributed by atoms with van der Waals surface area (Å²) in [5, 5.41) is 3.48. The molecular formula is C22H25ClN2O4. The van der Waals surface area contributed by atoms with E-state index in [1.165, 1.54) is 6.92 Å². The van der Waals surface area contributed by atoms with Gasteiger partial charge in [0.05, 0.1) is 26.7 Å². The van der Waals surface area contributed by atoms with Gasteiger partial charge in [0.15, 0.2) is 11.5 Å². The molecule has 2 amide bonds. The van der Waals surface area contributed by atoms with E-state index in [9.17, 15) is 9.59 Å². The van der Waals surface area contributed by atoms with Gasteiger partial charge in [-0.05, 0) is 47.4 Å². The zero-order chi connectivity index (χ0) is 21.0. The maximum absolute atomic E-state index is 13.0. The van der Waals surface area contributed by atoms with Gasteiger partial charge in [0.25, 0.3) is 0 Å². The standard InChI is InChI=1S/C22H25ClN2O4/c1-14(26)24-19(15-4-6-18(23)7-5-15)12-22(27)25-9-8-16-10-20(28-2)21(29-3)11-17(16)13-25/h4-7,10-11,19H,8-9,12-13H2,1-3H3,(H,24,26). The first kappa shape index (κ1) is 21.0. The molecule has 0 spiro atoms. The third kappa shape index (κ3) is 5.01. The van der Waals surface area contributed by atoms with Crippen molar-refractivity contribution in [3.05, 3.63) is 58.1 Å². The Kier molecular flexibility index (Phi) is 6.64. The Labute approximate surface area is 175 Å². The van der Waals surface area contributed by atoms with Gasteiger partial charge >= 0.3 is 0 Å². The van der Waals surface area contributed by atoms with Gasteiger partial charge in [-0.3, -0.25) is 9.59 Å². The molecule has 1 aliphatic heterocycles. The van der Waals surface area contributed by atoms with Crippen LogP contribution in [-0.4, -0.2) is 37.5 Å². The number of carbonyl (C=O) groups excluding carboxylic acids is 2. The number of benzene rings is 2. The van der Waals surface area contributed by atoms with E-state index in [4.69, 9.17) is 21.1 Å². The molecule has 7 heteroatoms. The fraction of sp³-hybridized carbons (Fsp3) is 0.364. The Hall–Kier alpha value is -2.73. The molecule has 2 aromatic carbocycles. The van der Waals surface area contributed by atoms with Crippen LogP contribution in [-0.2, 0) is 22.6 Å². The minimum absolute atomic E-state index is 0.0147. The summed E-state index contributed by atoms with van der Waals surface area (Å²) in [6.45, 7) is 2.57. The van der Waals surface area contributed by atoms with Crippen LogP contribution in [0.5, 0.6) is 11.5 Å². The van der Waals surface area contributed by atoms with E-state index >= 15 is 0 Å². The smallest absolute Gasteiger partial charge is 0.225 e. The van der Waals surface area contributed by atoms with Crippen LogP contribution in [0.15, 0.2) is 36.4 Å². The zero-order valence-corrected chi connectivity index (χ0v) is 17.6. The summed E-state index contributed by atoms with van der Waals surface area (Å²) < 4.78 is 10.8. The molecule has 1 heterocycles. The predicted octanol–water partition coefficient (Wildman–Crippen LogP) is 3.51. The quantitative estimate of drug-likeness (QED) is 0.782. The lowest BCUT2D eigenvalue weighted by atomic mass is 9.97. The first-order chi connectivity index (χ1) is 13.9. The normalized spacial score (nSPS) is 14.0. The third-order valence-electron chi connectivity index (χ3n) is 5.10. The Balaban J connectivity index is 1.75. The Morgan fingerprint density at radius 1 is 1.10 bits per heavy atom. The number of methoxy groups -OCH3 is 2. The number of rotatable bonds is 6. The van der Waals surface area contributed by atoms with E-state index in [2.05, 4.69) is 5.32 Å². The van der Waals surface area contributed by atoms with E-state index < -0.39 is 6.04 Å². The van der Waals surface area contributed by atoms with Crippen molar-refractivity contribution in [1.82, 2.24) is 10.2 Å². The molecule has 0 saturated carbocycles. The highest BCUT2D eigenvalue weighted by Crippen LogP contribution is 2.33. The van der Waals surface area contributed by atoms with Crippen molar-refractivity contribution in [2.45, 2.75) is 32.4 Å². The van der Waals surface area contributed by atoms with Crippen LogP contribution >= 0.6 is 11.6 Å². The minimum atomic E-state index is -0.399. The third-order valence-corrected chi connectivity index (χ3v) is 5.35. The Morgan fingerprint density at radius 2 is 1.72 bits per heavy atom. The second-order valence-electron chi connectivity index (χ2n) is 7.05. The second kappa shape index (κ2) is 9.18. The molecule has 0 bridgehead atoms. The van der Waals surface area contributed by atoms with Gasteiger partial charge < -0.3 is 19.7 Å². The van der Waals surface area contributed by atoms with Crippen LogP contribution in [0, 0.1) is 0 Å². The predicted molar refractivity (Wildman–Crippen MR) is 111 cm³/mol. The van der Waals surface area contributed by atoms with Gasteiger partial charge in [-0.2, -0.15) is 0 Å². The SMILES string of the molecule is COc1cc2c(cc1OC)CN(C(=O)CC(NC(C)=O)c1ccc(Cl)cc1)CC2. The van der Waals surface area contributed by atoms with E-state index in [0.717, 1.165) is 23.1 Å². The van der Waals surface area contributed by atoms with Gasteiger partial charge in [-0.15, -0.1) is 0 Å². The number of hydrogen-bond donors (Lipinski definition) is 1. The van der Waals surface area contributed by atoms with Gasteiger partial charge in [0, 0.05) is 25.0 Å². The fourth-order valence-corrected chi connectivity index (χ4v) is 3.72. The molecular weight excluding hydrogens is 392 g/mol. The molecule has 29 heavy (non-hydrogen) atoms. The van der Waals surface area contributed by atoms with Gasteiger partial charge in [-0.25, -0.2) is 0 Å². The molecule has 1 aliphatic rings. The molecule has 0 saturated heterocycles. The monoisotopic (exact) mass is 416 g/mol. The van der Waals surface area contributed by atoms with Crippen LogP contribution in [0.3, 0.4) is 0 Å². The number of halogens is 1. The van der Waals surface area contributed by atoms with Crippen LogP contribution in [0.2, 0.25) is 5.02 Å². The maximum atomic E-state index is 13.0. The van der Waals surface area contributed by atoms with E-state index in [-0.39, 0.29) is 18.2 Å². The average molecular weight is 417 g/mol. The lowest BCUT2D eigenvalue weighted by Gasteiger charge is -2.31. The number of hydrogen-bond acceptors (Lipinski definition) is 4. The van der Waals surface area contributed by atoms with Gasteiger partial charge in [0.1, 0.15) is 0 Å². The van der Waals surface area contributed by atoms with Gasteiger partial charge in [-0.1, -0.05) is 23.7 Å². The maximum Gasteiger partial charge on any atom is 0.225 e. The van der Waals surface area contributed by atoms with Crippen LogP contribution < -0.4 is 14.8 Å². The van der Waals surface area contributed by atoms with E-state index in [0.29, 0.717) is 29.6 Å². The zero-order valence-electron chi connectivity index (χ0n) is 16.8. The number of fused-ring (bicyclic) bond motifs is 1. The summed E-state index contributed by atoms with van der Waals surface area (Å²) >= 11 is 5.96. The summed E-state index contributed by atoms with van der Waals surface area (Å²) in [5.74, 6) is 1.15. The molecule has 1 N–H and O–H groups in total. The highest BCUT2D eigenvalue weighted by molar-refractivity contribution is 6.30. The summed E-state index contributed by atoms with van der Waals surface area (Å²) in [6, 6.07) is 10.7. The van der Waals surface area contributed by atoms with Crippen molar-refractivity contribution >= 4 is 23.4 Å². The Morgan fingerprint density at radius 3 is 2.31 bits per heavy atom. The number of amides is 2. The van der Waals surface area contributed by atoms with E-state index in [1.807, 2.05) is 29.2 Å². The van der Waals surface area contributed by atoms with Crippen LogP contribution in [0.4, 0.5) is 0 Å². The molecule has 2 aromatic rings. The second-order valence-corrected chi connectivity index (χ2v) is 7.49. The lowest BCUT2D eigenvalue weighted by molar-refractivity contribution is -0.133. The molecule has 154 valence electrons. The van der Waals surface area contributed by atoms with Crippen molar-refractivity contribution in [1.29, 1.82) is 0 Å². The van der Waals surface area contributed by atoms with Crippen molar-refractivity contribution < 1.29 is 19.1 Å². The van der Waals surface area contributed by atoms with Crippen LogP contribution in [0.25, 0.3) is 0 Å². The highest BCUT2D eigenvalue weighted by Gasteiger charge is 2.26. The minimum Gasteiger partial charge on any atom is -0.493 e. The molecule has 1 unspecified atom stereocenters. The molecule has 6 nitrogen and oxygen atoms in total. The first-order valence-electron chi connectivity index (χ1n) is 9.45. The molecule has 0 radical (unpaired) electrons. The molecule has 1 atom stereocenters. The van der Waals surface area contributed by atoms with Crippen molar-refractivity contribution in [2.24, 2.45) is 0 Å². The van der Waals surface area contributed by atoms with Crippen LogP contribution in [0.1, 0.15) is 36.1 Å². The Bertz CT molecular complexity index is 898. The first-order valence-corrected chi connectivity index (χ1v) is 9.83. The topological polar surface area (TPSA) is 67.9 Å². The summed E-state index contributed by atoms with van der Waals surface area (Å²) in [4.78, 5) is 26.5. The van der Waals surface area contributed by atoms with Crippen molar-refractivity contribution in [3.63, 3.8) is 0 Å². The summed E-state index contributed by atoms with van der Waals surface area (Å²) in [6.07, 6.45) is 0.928. The number of nitrogens with zero attached hydrogens (tertiary/aromatic N) is 1. The number of ether oxygens (including phenoxy) is 2. The number of nitrogens with one attached hydrogen (secondary N) is 1. The fourth-order valence-electron chi connectivity index (χ4n) is 3.59. The molecule has 3 rings (SSSR count). The van der Waals surface area contributed by atoms with Crippen molar-refractivity contribution in [3.8, 4) is 11.5 Å². The van der Waals surface area contributed by atoms with Gasteiger partial charge in [0.2, 0.25) is 11.8 Å².